The number of benzene rings is 4. The summed E-state index contributed by atoms with van der Waals surface area (Å²) >= 11 is 0. The number of rotatable bonds is 51. The van der Waals surface area contributed by atoms with Crippen molar-refractivity contribution >= 4 is 123 Å². The van der Waals surface area contributed by atoms with E-state index in [-0.39, 0.29) is 11.8 Å². The third-order valence-electron chi connectivity index (χ3n) is 19.7. The fourth-order valence-corrected chi connectivity index (χ4v) is 24.6. The second-order valence-electron chi connectivity index (χ2n) is 31.3. The number of unbranched alkanes of at least 4 members (excludes halogenated alkanes) is 2. The monoisotopic (exact) mass is 2010 g/mol. The largest absolute Gasteiger partial charge is 0.522 e. The van der Waals surface area contributed by atoms with Gasteiger partial charge in [0, 0.05) is 332 Å². The zero-order valence-corrected chi connectivity index (χ0v) is 95.1. The number of nitrogens with zero attached hydrogens (tertiary/aromatic N) is 16. The molecule has 4 rings (SSSR count). The number of nitrogens with one attached hydrogen (secondary N) is 2. The van der Waals surface area contributed by atoms with Gasteiger partial charge in [0.25, 0.3) is 0 Å². The van der Waals surface area contributed by atoms with Crippen LogP contribution in [0.2, 0.25) is 30.2 Å². The SMILES string of the molecule is CCO[Si](CCCCC(=O)N=C(N(C)C)N(C)C)(OCC)OCC.CCO[Si](CCCCC(=O)NC(=Nc1ccccc1)Nc1ccccc1)(OCC)OCC.CO[Si](CCCN=C(N(C)C)N(C)C)(OC)OC.CO[Si](CCCN=C(N(C)c1ccccc1)N(C)c1ccccc1)(OC)OC.CO[Si](CCN=C(N(C)C)N(C)C)(OC)OC.CO[Si](CN=C(N(C)C)N(C)C)(OC)OC. The van der Waals surface area contributed by atoms with Crippen LogP contribution in [0.4, 0.5) is 22.7 Å². The number of carbonyl (C=O) groups excluding carboxylic acids is 2. The van der Waals surface area contributed by atoms with Crippen molar-refractivity contribution in [1.29, 1.82) is 0 Å². The molecule has 0 bridgehead atoms. The summed E-state index contributed by atoms with van der Waals surface area (Å²) in [6.45, 7) is 17.1. The summed E-state index contributed by atoms with van der Waals surface area (Å²) in [5, 5.41) is 6.09. The van der Waals surface area contributed by atoms with Crippen LogP contribution in [0.25, 0.3) is 0 Å². The molecule has 0 saturated carbocycles. The number of amides is 2. The summed E-state index contributed by atoms with van der Waals surface area (Å²) in [5.41, 5.74) is 3.77. The average Bonchev–Trinajstić information content (AvgIpc) is 0.829. The van der Waals surface area contributed by atoms with Crippen molar-refractivity contribution in [2.45, 2.75) is 123 Å². The van der Waals surface area contributed by atoms with E-state index >= 15 is 0 Å². The molecule has 0 aliphatic heterocycles. The number of anilines is 3. The van der Waals surface area contributed by atoms with Gasteiger partial charge < -0.3 is 134 Å². The molecule has 135 heavy (non-hydrogen) atoms. The van der Waals surface area contributed by atoms with Crippen molar-refractivity contribution in [2.75, 3.05) is 293 Å². The molecular formula is C91H176N18O20Si6. The molecule has 44 heteroatoms. The Bertz CT molecular complexity index is 3700. The zero-order chi connectivity index (χ0) is 102. The van der Waals surface area contributed by atoms with Gasteiger partial charge in [-0.1, -0.05) is 72.8 Å². The number of carbonyl (C=O) groups is 2. The average molecular weight is 2010 g/mol. The van der Waals surface area contributed by atoms with Gasteiger partial charge >= 0.3 is 52.8 Å². The molecule has 4 aromatic carbocycles. The van der Waals surface area contributed by atoms with Crippen molar-refractivity contribution in [3.05, 3.63) is 121 Å². The van der Waals surface area contributed by atoms with Crippen LogP contribution in [-0.2, 0) is 89.3 Å². The second kappa shape index (κ2) is 74.5. The van der Waals surface area contributed by atoms with Gasteiger partial charge in [0.2, 0.25) is 29.7 Å². The molecule has 0 aliphatic carbocycles. The Hall–Kier alpha value is -7.58. The van der Waals surface area contributed by atoms with E-state index in [0.29, 0.717) is 102 Å². The van der Waals surface area contributed by atoms with E-state index in [1.807, 2.05) is 305 Å². The van der Waals surface area contributed by atoms with E-state index in [1.165, 1.54) is 0 Å². The van der Waals surface area contributed by atoms with Crippen LogP contribution in [0.15, 0.2) is 151 Å². The van der Waals surface area contributed by atoms with Crippen molar-refractivity contribution in [1.82, 2.24) is 44.5 Å². The fourth-order valence-electron chi connectivity index (χ4n) is 13.1. The Morgan fingerprint density at radius 3 is 0.896 bits per heavy atom. The smallest absolute Gasteiger partial charge is 0.377 e. The van der Waals surface area contributed by atoms with E-state index in [4.69, 9.17) is 84.7 Å². The highest BCUT2D eigenvalue weighted by molar-refractivity contribution is 6.62. The quantitative estimate of drug-likeness (QED) is 0.0179. The number of para-hydroxylation sites is 4. The Morgan fingerprint density at radius 2 is 0.578 bits per heavy atom. The minimum atomic E-state index is -2.67. The van der Waals surface area contributed by atoms with Crippen LogP contribution in [0.3, 0.4) is 0 Å². The summed E-state index contributed by atoms with van der Waals surface area (Å²) in [7, 11) is 39.1. The number of hydrogen-bond acceptors (Lipinski definition) is 25. The van der Waals surface area contributed by atoms with Gasteiger partial charge in [-0.05, 0) is 129 Å². The molecule has 0 aliphatic rings. The van der Waals surface area contributed by atoms with Crippen LogP contribution >= 0.6 is 0 Å². The number of guanidine groups is 6. The van der Waals surface area contributed by atoms with E-state index < -0.39 is 52.8 Å². The standard InChI is InChI=1S/C24H35N3O4Si.C21H31N3O3Si.C16H35N3O4Si.C11H27N3O3Si.C10H25N3O3Si.C9H23N3O3Si/c1-4-29-32(30-5-2,31-6-3)20-14-13-19-23(28)27-24(25-21-15-9-7-10-16-21)26-22-17-11-8-12-18-22;1-23(19-13-8-6-9-14-19)21(24(2)20-15-10-7-11-16-20)22-17-12-18-28(25-3,26-4)27-5;1-8-21-24(22-9-2,23-10-3)14-12-11-13-15(20)17-16(18(4)5)19(6)7;1-13(2)11(14(3)4)12-9-8-10-18(15-5,16-6)17-7;1-12(2)10(13(3)4)11-8-9-17(14-5,15-6)16-7;1-11(2)9(12(3)4)10-8-16(13-5,14-6)15-7/h7-12,15-18H,4-6,13-14,19-20H2,1-3H3,(H2,25,26,27,28);6-11,13-16H,12,17-18H2,1-5H3;8-14H2,1-7H3;8-10H2,1-7H3;8-9H2,1-7H3;8H2,1-7H3. The molecule has 0 heterocycles. The van der Waals surface area contributed by atoms with Crippen molar-refractivity contribution in [3.63, 3.8) is 0 Å². The summed E-state index contributed by atoms with van der Waals surface area (Å²) in [6, 6.07) is 43.2. The van der Waals surface area contributed by atoms with Crippen LogP contribution in [0.1, 0.15) is 92.9 Å². The minimum absolute atomic E-state index is 0.0976. The fraction of sp³-hybridized carbons (Fsp3) is 0.648. The lowest BCUT2D eigenvalue weighted by molar-refractivity contribution is -0.120. The Morgan fingerprint density at radius 1 is 0.296 bits per heavy atom. The van der Waals surface area contributed by atoms with Crippen LogP contribution in [0.5, 0.6) is 0 Å². The maximum absolute atomic E-state index is 12.6. The molecule has 0 spiro atoms. The molecule has 0 fully saturated rings. The Kier molecular flexibility index (Phi) is 71.4. The molecule has 0 saturated heterocycles. The van der Waals surface area contributed by atoms with Gasteiger partial charge in [-0.3, -0.25) is 29.9 Å². The van der Waals surface area contributed by atoms with Crippen LogP contribution in [0, 0.1) is 0 Å². The molecule has 0 radical (unpaired) electrons. The van der Waals surface area contributed by atoms with E-state index in [0.717, 1.165) is 103 Å². The summed E-state index contributed by atoms with van der Waals surface area (Å²) in [6.07, 6.45) is 5.96. The van der Waals surface area contributed by atoms with E-state index in [9.17, 15) is 9.59 Å². The van der Waals surface area contributed by atoms with Gasteiger partial charge in [0.15, 0.2) is 17.9 Å². The topological polar surface area (TPSA) is 331 Å². The van der Waals surface area contributed by atoms with E-state index in [1.54, 1.807) is 85.3 Å². The Balaban J connectivity index is 0. The first-order valence-electron chi connectivity index (χ1n) is 45.7. The second-order valence-corrected chi connectivity index (χ2v) is 48.9. The van der Waals surface area contributed by atoms with Gasteiger partial charge in [-0.25, -0.2) is 9.98 Å². The highest BCUT2D eigenvalue weighted by atomic mass is 28.4. The highest BCUT2D eigenvalue weighted by Gasteiger charge is 2.43. The Labute approximate surface area is 819 Å². The molecule has 774 valence electrons. The molecule has 2 amide bonds. The molecule has 0 aromatic heterocycles. The normalized spacial score (nSPS) is 11.4. The van der Waals surface area contributed by atoms with Crippen LogP contribution in [-0.4, -0.2) is 417 Å². The first-order valence-corrected chi connectivity index (χ1v) is 57.3. The third-order valence-corrected chi connectivity index (χ3v) is 36.7. The summed E-state index contributed by atoms with van der Waals surface area (Å²) in [4.78, 5) is 71.5. The maximum atomic E-state index is 12.6. The third kappa shape index (κ3) is 52.3. The van der Waals surface area contributed by atoms with Gasteiger partial charge in [0.1, 0.15) is 6.17 Å². The first kappa shape index (κ1) is 129. The predicted molar refractivity (Wildman–Crippen MR) is 562 cm³/mol. The van der Waals surface area contributed by atoms with E-state index in [2.05, 4.69) is 69.7 Å². The van der Waals surface area contributed by atoms with Gasteiger partial charge in [-0.2, -0.15) is 4.99 Å². The number of hydrogen-bond donors (Lipinski definition) is 2. The van der Waals surface area contributed by atoms with Crippen molar-refractivity contribution in [2.24, 2.45) is 30.0 Å². The molecule has 38 nitrogen and oxygen atoms in total. The van der Waals surface area contributed by atoms with Crippen molar-refractivity contribution < 1.29 is 89.3 Å². The molecule has 0 unspecified atom stereocenters. The zero-order valence-electron chi connectivity index (χ0n) is 89.1. The maximum Gasteiger partial charge on any atom is 0.522 e. The van der Waals surface area contributed by atoms with Crippen LogP contribution < -0.4 is 20.4 Å². The van der Waals surface area contributed by atoms with Gasteiger partial charge in [-0.15, -0.1) is 0 Å². The summed E-state index contributed by atoms with van der Waals surface area (Å²) < 4.78 is 99.6. The van der Waals surface area contributed by atoms with Gasteiger partial charge in [0.05, 0.1) is 5.69 Å². The lowest BCUT2D eigenvalue weighted by atomic mass is 10.2. The molecule has 4 aromatic rings. The first-order chi connectivity index (χ1) is 64.2. The minimum Gasteiger partial charge on any atom is -0.377 e. The van der Waals surface area contributed by atoms with Crippen molar-refractivity contribution in [3.8, 4) is 0 Å². The molecular weight excluding hydrogens is 1830 g/mol. The number of aliphatic imine (C=N–C) groups is 6. The molecule has 2 N–H and O–H groups in total. The summed E-state index contributed by atoms with van der Waals surface area (Å²) in [5.74, 6) is 4.44. The highest BCUT2D eigenvalue weighted by Crippen LogP contribution is 2.25. The lowest BCUT2D eigenvalue weighted by Gasteiger charge is -2.30. The lowest BCUT2D eigenvalue weighted by Crippen LogP contribution is -2.48. The predicted octanol–water partition coefficient (Wildman–Crippen LogP) is 12.2. The molecule has 0 atom stereocenters.